The fraction of sp³-hybridized carbons (Fsp3) is 0.409. The Labute approximate surface area is 188 Å². The van der Waals surface area contributed by atoms with E-state index in [0.717, 1.165) is 15.6 Å². The van der Waals surface area contributed by atoms with E-state index in [4.69, 9.17) is 4.74 Å². The highest BCUT2D eigenvalue weighted by Gasteiger charge is 2.49. The van der Waals surface area contributed by atoms with E-state index in [1.165, 1.54) is 0 Å². The summed E-state index contributed by atoms with van der Waals surface area (Å²) in [5.41, 5.74) is 0.156. The second-order valence-electron chi connectivity index (χ2n) is 8.08. The number of hydrogen-bond donors (Lipinski definition) is 1. The van der Waals surface area contributed by atoms with Gasteiger partial charge in [0.1, 0.15) is 9.15 Å². The van der Waals surface area contributed by atoms with Crippen molar-refractivity contribution in [1.29, 1.82) is 0 Å². The van der Waals surface area contributed by atoms with Gasteiger partial charge in [-0.3, -0.25) is 4.90 Å². The van der Waals surface area contributed by atoms with Gasteiger partial charge in [0.2, 0.25) is 0 Å². The van der Waals surface area contributed by atoms with Gasteiger partial charge < -0.3 is 9.84 Å². The van der Waals surface area contributed by atoms with Gasteiger partial charge in [-0.05, 0) is 66.6 Å². The molecule has 0 radical (unpaired) electrons. The molecule has 3 rings (SSSR count). The van der Waals surface area contributed by atoms with Crippen LogP contribution in [0.1, 0.15) is 44.7 Å². The quantitative estimate of drug-likeness (QED) is 0.280. The van der Waals surface area contributed by atoms with Crippen molar-refractivity contribution in [2.45, 2.75) is 48.4 Å². The lowest BCUT2D eigenvalue weighted by molar-refractivity contribution is -0.102. The zero-order valence-corrected chi connectivity index (χ0v) is 20.0. The summed E-state index contributed by atoms with van der Waals surface area (Å²) in [5.74, 6) is 0. The van der Waals surface area contributed by atoms with Gasteiger partial charge in [0.15, 0.2) is 0 Å². The van der Waals surface area contributed by atoms with Crippen LogP contribution in [-0.2, 0) is 13.9 Å². The van der Waals surface area contributed by atoms with Crippen LogP contribution in [-0.4, -0.2) is 28.2 Å². The molecule has 2 aromatic rings. The van der Waals surface area contributed by atoms with Crippen LogP contribution in [0.4, 0.5) is 4.79 Å². The fourth-order valence-electron chi connectivity index (χ4n) is 3.82. The number of rotatable bonds is 5. The van der Waals surface area contributed by atoms with Crippen molar-refractivity contribution in [3.05, 3.63) is 70.2 Å². The van der Waals surface area contributed by atoms with Crippen molar-refractivity contribution in [2.75, 3.05) is 6.54 Å². The van der Waals surface area contributed by atoms with E-state index in [0.29, 0.717) is 19.4 Å². The zero-order valence-electron chi connectivity index (χ0n) is 16.3. The Morgan fingerprint density at radius 3 is 2.29 bits per heavy atom. The maximum atomic E-state index is 13.2. The molecule has 0 aliphatic carbocycles. The molecule has 150 valence electrons. The summed E-state index contributed by atoms with van der Waals surface area (Å²) in [7, 11) is 0. The number of cyclic esters (lactones) is 1. The molecule has 1 N–H and O–H groups in total. The number of hydrogen-bond acceptors (Lipinski definition) is 3. The first-order valence-corrected chi connectivity index (χ1v) is 11.1. The normalized spacial score (nSPS) is 22.5. The van der Waals surface area contributed by atoms with E-state index in [2.05, 4.69) is 38.5 Å². The van der Waals surface area contributed by atoms with E-state index >= 15 is 0 Å². The van der Waals surface area contributed by atoms with Gasteiger partial charge in [0.25, 0.3) is 0 Å². The van der Waals surface area contributed by atoms with Gasteiger partial charge >= 0.3 is 6.09 Å². The highest BCUT2D eigenvalue weighted by molar-refractivity contribution is 14.1. The number of amides is 1. The van der Waals surface area contributed by atoms with E-state index in [1.807, 2.05) is 61.5 Å². The number of nitrogens with zero attached hydrogens (tertiary/aromatic N) is 1. The molecule has 1 heterocycles. The standard InChI is InChI=1S/C22H25BrINO3/c1-20(2,27)15-22(17-7-5-4-6-8-17)13-14-25(19(26)28-22)21(3,24)16-9-11-18(23)12-10-16/h4-12,27H,13-15H2,1-3H3/t21-,22?/m1/s1. The minimum Gasteiger partial charge on any atom is -0.438 e. The Kier molecular flexibility index (Phi) is 6.13. The SMILES string of the molecule is CC(C)(O)CC1(c2ccccc2)CCN([C@@](C)(I)c2ccc(Br)cc2)C(=O)O1. The van der Waals surface area contributed by atoms with Crippen LogP contribution in [0.25, 0.3) is 0 Å². The molecule has 1 aliphatic rings. The zero-order chi connectivity index (χ0) is 20.6. The minimum absolute atomic E-state index is 0.347. The van der Waals surface area contributed by atoms with Crippen LogP contribution >= 0.6 is 38.5 Å². The molecule has 1 saturated heterocycles. The highest BCUT2D eigenvalue weighted by atomic mass is 127. The first-order valence-electron chi connectivity index (χ1n) is 9.27. The topological polar surface area (TPSA) is 49.8 Å². The number of aliphatic hydroxyl groups is 1. The summed E-state index contributed by atoms with van der Waals surface area (Å²) in [4.78, 5) is 14.9. The minimum atomic E-state index is -0.961. The number of alkyl halides is 1. The largest absolute Gasteiger partial charge is 0.438 e. The molecule has 6 heteroatoms. The summed E-state index contributed by atoms with van der Waals surface area (Å²) in [6, 6.07) is 17.7. The van der Waals surface area contributed by atoms with Crippen molar-refractivity contribution in [3.8, 4) is 0 Å². The Morgan fingerprint density at radius 2 is 1.75 bits per heavy atom. The predicted octanol–water partition coefficient (Wildman–Crippen LogP) is 5.96. The average molecular weight is 558 g/mol. The van der Waals surface area contributed by atoms with E-state index in [9.17, 15) is 9.90 Å². The molecule has 2 atom stereocenters. The van der Waals surface area contributed by atoms with Gasteiger partial charge in [-0.25, -0.2) is 4.79 Å². The molecule has 1 amide bonds. The fourth-order valence-corrected chi connectivity index (χ4v) is 4.88. The van der Waals surface area contributed by atoms with Gasteiger partial charge in [-0.15, -0.1) is 0 Å². The van der Waals surface area contributed by atoms with E-state index < -0.39 is 14.7 Å². The Morgan fingerprint density at radius 1 is 1.14 bits per heavy atom. The third-order valence-corrected chi connectivity index (χ3v) is 6.87. The summed E-state index contributed by atoms with van der Waals surface area (Å²) in [6.45, 7) is 6.06. The molecule has 0 bridgehead atoms. The lowest BCUT2D eigenvalue weighted by Crippen LogP contribution is -2.54. The summed E-state index contributed by atoms with van der Waals surface area (Å²) >= 11 is 5.76. The molecule has 0 aromatic heterocycles. The predicted molar refractivity (Wildman–Crippen MR) is 122 cm³/mol. The van der Waals surface area contributed by atoms with E-state index in [-0.39, 0.29) is 6.09 Å². The Hall–Kier alpha value is -1.12. The number of carbonyl (C=O) groups is 1. The third kappa shape index (κ3) is 4.54. The van der Waals surface area contributed by atoms with Crippen molar-refractivity contribution in [3.63, 3.8) is 0 Å². The van der Waals surface area contributed by atoms with Crippen LogP contribution in [0, 0.1) is 0 Å². The lowest BCUT2D eigenvalue weighted by atomic mass is 9.80. The molecule has 28 heavy (non-hydrogen) atoms. The Bertz CT molecular complexity index is 833. The molecule has 0 spiro atoms. The third-order valence-electron chi connectivity index (χ3n) is 5.14. The second-order valence-corrected chi connectivity index (χ2v) is 11.1. The van der Waals surface area contributed by atoms with Gasteiger partial charge in [0.05, 0.1) is 5.60 Å². The van der Waals surface area contributed by atoms with Crippen LogP contribution in [0.2, 0.25) is 0 Å². The summed E-state index contributed by atoms with van der Waals surface area (Å²) < 4.78 is 6.56. The highest BCUT2D eigenvalue weighted by Crippen LogP contribution is 2.45. The summed E-state index contributed by atoms with van der Waals surface area (Å²) in [5, 5.41) is 10.5. The Balaban J connectivity index is 1.91. The lowest BCUT2D eigenvalue weighted by Gasteiger charge is -2.47. The van der Waals surface area contributed by atoms with Crippen LogP contribution < -0.4 is 0 Å². The van der Waals surface area contributed by atoms with Crippen LogP contribution in [0.5, 0.6) is 0 Å². The molecule has 2 aromatic carbocycles. The molecular weight excluding hydrogens is 533 g/mol. The number of halogens is 2. The maximum Gasteiger partial charge on any atom is 0.412 e. The number of carbonyl (C=O) groups excluding carboxylic acids is 1. The number of benzene rings is 2. The molecule has 1 aliphatic heterocycles. The molecule has 1 fully saturated rings. The molecule has 0 saturated carbocycles. The van der Waals surface area contributed by atoms with Crippen molar-refractivity contribution < 1.29 is 14.6 Å². The average Bonchev–Trinajstić information content (AvgIpc) is 2.61. The van der Waals surface area contributed by atoms with Crippen LogP contribution in [0.15, 0.2) is 59.1 Å². The first kappa shape index (κ1) is 21.6. The van der Waals surface area contributed by atoms with Gasteiger partial charge in [-0.2, -0.15) is 0 Å². The second kappa shape index (κ2) is 7.95. The monoisotopic (exact) mass is 557 g/mol. The maximum absolute atomic E-state index is 13.2. The van der Waals surface area contributed by atoms with Crippen molar-refractivity contribution in [1.82, 2.24) is 4.90 Å². The van der Waals surface area contributed by atoms with Crippen LogP contribution in [0.3, 0.4) is 0 Å². The van der Waals surface area contributed by atoms with E-state index in [1.54, 1.807) is 18.7 Å². The van der Waals surface area contributed by atoms with Gasteiger partial charge in [0, 0.05) is 23.9 Å². The molecular formula is C22H25BrINO3. The summed E-state index contributed by atoms with van der Waals surface area (Å²) in [6.07, 6.45) is 0.598. The molecule has 4 nitrogen and oxygen atoms in total. The molecule has 1 unspecified atom stereocenters. The smallest absolute Gasteiger partial charge is 0.412 e. The first-order chi connectivity index (χ1) is 13.0. The van der Waals surface area contributed by atoms with Crippen molar-refractivity contribution in [2.24, 2.45) is 0 Å². The van der Waals surface area contributed by atoms with Crippen molar-refractivity contribution >= 4 is 44.6 Å². The number of ether oxygens (including phenoxy) is 1. The van der Waals surface area contributed by atoms with Gasteiger partial charge in [-0.1, -0.05) is 58.4 Å².